The molecule has 0 atom stereocenters. The van der Waals surface area contributed by atoms with Gasteiger partial charge in [-0.3, -0.25) is 4.79 Å². The van der Waals surface area contributed by atoms with Crippen molar-refractivity contribution in [1.29, 1.82) is 0 Å². The summed E-state index contributed by atoms with van der Waals surface area (Å²) < 4.78 is 14.0. The van der Waals surface area contributed by atoms with Crippen LogP contribution in [0.3, 0.4) is 0 Å². The van der Waals surface area contributed by atoms with Gasteiger partial charge in [0.05, 0.1) is 4.47 Å². The van der Waals surface area contributed by atoms with E-state index in [0.29, 0.717) is 16.0 Å². The molecule has 0 radical (unpaired) electrons. The predicted molar refractivity (Wildman–Crippen MR) is 63.1 cm³/mol. The van der Waals surface area contributed by atoms with E-state index in [-0.39, 0.29) is 17.5 Å². The number of rotatable bonds is 0. The molecule has 0 spiro atoms. The van der Waals surface area contributed by atoms with Crippen LogP contribution < -0.4 is 0 Å². The average molecular weight is 283 g/mol. The normalized spacial score (nSPS) is 27.8. The highest BCUT2D eigenvalue weighted by Gasteiger charge is 2.35. The summed E-state index contributed by atoms with van der Waals surface area (Å²) in [5, 5.41) is 0. The number of halogens is 2. The lowest BCUT2D eigenvalue weighted by atomic mass is 9.82. The summed E-state index contributed by atoms with van der Waals surface area (Å²) in [5.41, 5.74) is 1.68. The van der Waals surface area contributed by atoms with Crippen molar-refractivity contribution in [2.24, 2.45) is 5.92 Å². The summed E-state index contributed by atoms with van der Waals surface area (Å²) in [4.78, 5) is 12.2. The van der Waals surface area contributed by atoms with E-state index in [4.69, 9.17) is 0 Å². The number of hydrogen-bond acceptors (Lipinski definition) is 1. The Kier molecular flexibility index (Phi) is 2.39. The third-order valence-corrected chi connectivity index (χ3v) is 4.50. The first-order chi connectivity index (χ1) is 7.66. The molecular weight excluding hydrogens is 271 g/mol. The Morgan fingerprint density at radius 3 is 2.44 bits per heavy atom. The van der Waals surface area contributed by atoms with Crippen LogP contribution in [0.25, 0.3) is 0 Å². The number of hydrogen-bond donors (Lipinski definition) is 0. The van der Waals surface area contributed by atoms with E-state index in [1.165, 1.54) is 6.07 Å². The highest BCUT2D eigenvalue weighted by molar-refractivity contribution is 9.10. The van der Waals surface area contributed by atoms with Gasteiger partial charge in [-0.15, -0.1) is 0 Å². The zero-order chi connectivity index (χ0) is 11.3. The molecule has 0 saturated heterocycles. The highest BCUT2D eigenvalue weighted by Crippen LogP contribution is 2.44. The van der Waals surface area contributed by atoms with Crippen LogP contribution in [0.1, 0.15) is 47.5 Å². The van der Waals surface area contributed by atoms with Crippen molar-refractivity contribution in [3.8, 4) is 0 Å². The monoisotopic (exact) mass is 282 g/mol. The zero-order valence-corrected chi connectivity index (χ0v) is 10.4. The largest absolute Gasteiger partial charge is 0.294 e. The van der Waals surface area contributed by atoms with Gasteiger partial charge in [-0.25, -0.2) is 4.39 Å². The van der Waals surface area contributed by atoms with E-state index in [1.54, 1.807) is 6.07 Å². The van der Waals surface area contributed by atoms with E-state index in [2.05, 4.69) is 15.9 Å². The van der Waals surface area contributed by atoms with Crippen LogP contribution in [0.4, 0.5) is 4.39 Å². The lowest BCUT2D eigenvalue weighted by molar-refractivity contribution is 0.0898. The fraction of sp³-hybridized carbons (Fsp3) is 0.462. The molecule has 1 fully saturated rings. The summed E-state index contributed by atoms with van der Waals surface area (Å²) in [6, 6.07) is 3.22. The molecule has 1 aromatic carbocycles. The molecule has 3 aliphatic carbocycles. The maximum absolute atomic E-state index is 13.5. The van der Waals surface area contributed by atoms with Crippen LogP contribution >= 0.6 is 15.9 Å². The fourth-order valence-corrected chi connectivity index (χ4v) is 3.36. The zero-order valence-electron chi connectivity index (χ0n) is 8.80. The number of benzene rings is 1. The third kappa shape index (κ3) is 1.45. The van der Waals surface area contributed by atoms with E-state index in [0.717, 1.165) is 31.2 Å². The van der Waals surface area contributed by atoms with Crippen molar-refractivity contribution in [2.75, 3.05) is 0 Å². The molecule has 0 amide bonds. The number of fused-ring (bicyclic) bond motifs is 2. The van der Waals surface area contributed by atoms with Gasteiger partial charge in [-0.05, 0) is 65.2 Å². The minimum Gasteiger partial charge on any atom is -0.294 e. The van der Waals surface area contributed by atoms with Gasteiger partial charge in [-0.1, -0.05) is 0 Å². The second-order valence-corrected chi connectivity index (χ2v) is 5.62. The number of Topliss-reactive ketones (excluding diaryl/α,β-unsaturated/α-hetero) is 1. The molecule has 1 aromatic rings. The Morgan fingerprint density at radius 2 is 1.75 bits per heavy atom. The maximum atomic E-state index is 13.5. The minimum absolute atomic E-state index is 0.137. The standard InChI is InChI=1S/C13H12BrFO/c14-11-5-9-7-1-3-8(4-2-7)13(16)10(9)6-12(11)15/h5-8H,1-4H2. The van der Waals surface area contributed by atoms with Crippen LogP contribution in [-0.4, -0.2) is 5.78 Å². The van der Waals surface area contributed by atoms with E-state index < -0.39 is 0 Å². The molecule has 16 heavy (non-hydrogen) atoms. The number of carbonyl (C=O) groups is 1. The smallest absolute Gasteiger partial charge is 0.166 e. The van der Waals surface area contributed by atoms with Gasteiger partial charge in [-0.2, -0.15) is 0 Å². The number of ketones is 1. The highest BCUT2D eigenvalue weighted by atomic mass is 79.9. The Hall–Kier alpha value is -0.700. The molecule has 0 heterocycles. The number of carbonyl (C=O) groups excluding carboxylic acids is 1. The molecule has 1 saturated carbocycles. The van der Waals surface area contributed by atoms with Gasteiger partial charge < -0.3 is 0 Å². The SMILES string of the molecule is O=C1c2cc(F)c(Br)cc2C2CCC1CC2. The lowest BCUT2D eigenvalue weighted by Gasteiger charge is -2.22. The lowest BCUT2D eigenvalue weighted by Crippen LogP contribution is -2.15. The molecule has 84 valence electrons. The average Bonchev–Trinajstić information content (AvgIpc) is 2.49. The van der Waals surface area contributed by atoms with Gasteiger partial charge >= 0.3 is 0 Å². The molecule has 4 rings (SSSR count). The van der Waals surface area contributed by atoms with Crippen LogP contribution in [0.5, 0.6) is 0 Å². The van der Waals surface area contributed by atoms with Crippen molar-refractivity contribution < 1.29 is 9.18 Å². The Bertz CT molecular complexity index is 461. The molecule has 1 nitrogen and oxygen atoms in total. The molecule has 0 aliphatic heterocycles. The van der Waals surface area contributed by atoms with E-state index in [9.17, 15) is 9.18 Å². The molecular formula is C13H12BrFO. The van der Waals surface area contributed by atoms with Gasteiger partial charge in [0.15, 0.2) is 5.78 Å². The Morgan fingerprint density at radius 1 is 1.12 bits per heavy atom. The first-order valence-corrected chi connectivity index (χ1v) is 6.49. The van der Waals surface area contributed by atoms with Gasteiger partial charge in [0.2, 0.25) is 0 Å². The molecule has 0 N–H and O–H groups in total. The predicted octanol–water partition coefficient (Wildman–Crippen LogP) is 4.06. The van der Waals surface area contributed by atoms with Crippen LogP contribution in [-0.2, 0) is 0 Å². The Balaban J connectivity index is 2.22. The summed E-state index contributed by atoms with van der Waals surface area (Å²) in [6.07, 6.45) is 4.08. The van der Waals surface area contributed by atoms with E-state index >= 15 is 0 Å². The maximum Gasteiger partial charge on any atom is 0.166 e. The minimum atomic E-state index is -0.326. The Labute approximate surface area is 102 Å². The van der Waals surface area contributed by atoms with Crippen LogP contribution in [0.15, 0.2) is 16.6 Å². The molecule has 0 unspecified atom stereocenters. The summed E-state index contributed by atoms with van der Waals surface area (Å²) in [7, 11) is 0. The second-order valence-electron chi connectivity index (χ2n) is 4.77. The van der Waals surface area contributed by atoms with Gasteiger partial charge in [0.25, 0.3) is 0 Å². The second kappa shape index (κ2) is 3.66. The quantitative estimate of drug-likeness (QED) is 0.701. The third-order valence-electron chi connectivity index (χ3n) is 3.90. The first-order valence-electron chi connectivity index (χ1n) is 5.70. The first kappa shape index (κ1) is 10.5. The molecule has 0 aromatic heterocycles. The molecule has 3 heteroatoms. The van der Waals surface area contributed by atoms with Crippen molar-refractivity contribution in [2.45, 2.75) is 31.6 Å². The van der Waals surface area contributed by atoms with E-state index in [1.807, 2.05) is 0 Å². The summed E-state index contributed by atoms with van der Waals surface area (Å²) in [5.74, 6) is 0.419. The fourth-order valence-electron chi connectivity index (χ4n) is 3.00. The topological polar surface area (TPSA) is 17.1 Å². The van der Waals surface area contributed by atoms with Crippen LogP contribution in [0.2, 0.25) is 0 Å². The molecule has 2 bridgehead atoms. The van der Waals surface area contributed by atoms with Crippen molar-refractivity contribution in [3.63, 3.8) is 0 Å². The summed E-state index contributed by atoms with van der Waals surface area (Å²) in [6.45, 7) is 0. The van der Waals surface area contributed by atoms with Crippen LogP contribution in [0, 0.1) is 11.7 Å². The van der Waals surface area contributed by atoms with Gasteiger partial charge in [0.1, 0.15) is 5.82 Å². The summed E-state index contributed by atoms with van der Waals surface area (Å²) >= 11 is 3.20. The van der Waals surface area contributed by atoms with Gasteiger partial charge in [0, 0.05) is 11.5 Å². The van der Waals surface area contributed by atoms with Crippen molar-refractivity contribution in [1.82, 2.24) is 0 Å². The molecule has 3 aliphatic rings. The van der Waals surface area contributed by atoms with Crippen molar-refractivity contribution in [3.05, 3.63) is 33.5 Å². The van der Waals surface area contributed by atoms with Crippen molar-refractivity contribution >= 4 is 21.7 Å².